The molecule has 0 aliphatic carbocycles. The number of nitrogens with zero attached hydrogens (tertiary/aromatic N) is 3. The molecular formula is C25H43N4O5S+. The Morgan fingerprint density at radius 3 is 2.60 bits per heavy atom. The molecule has 0 spiro atoms. The Hall–Kier alpha value is -2.20. The van der Waals surface area contributed by atoms with Crippen molar-refractivity contribution in [2.24, 2.45) is 0 Å². The van der Waals surface area contributed by atoms with Crippen LogP contribution in [0.4, 0.5) is 4.79 Å². The van der Waals surface area contributed by atoms with E-state index >= 15 is 0 Å². The molecule has 2 unspecified atom stereocenters. The number of quaternary nitrogens is 1. The number of likely N-dealkylation sites (N-methyl/N-ethyl adjacent to an activating group) is 1. The number of alkyl carbamates (subject to hydrolysis) is 1. The number of nitrogens with one attached hydrogen (secondary N) is 1. The predicted octanol–water partition coefficient (Wildman–Crippen LogP) is 4.92. The highest BCUT2D eigenvalue weighted by atomic mass is 32.1. The largest absolute Gasteiger partial charge is 0.475 e. The van der Waals surface area contributed by atoms with Gasteiger partial charge in [-0.2, -0.15) is 4.37 Å². The summed E-state index contributed by atoms with van der Waals surface area (Å²) in [5.41, 5.74) is 1.20. The van der Waals surface area contributed by atoms with Gasteiger partial charge in [-0.05, 0) is 33.6 Å². The van der Waals surface area contributed by atoms with Crippen LogP contribution in [0.25, 0.3) is 5.57 Å². The van der Waals surface area contributed by atoms with Gasteiger partial charge in [-0.1, -0.05) is 39.2 Å². The van der Waals surface area contributed by atoms with Crippen LogP contribution in [0, 0.1) is 0 Å². The average Bonchev–Trinajstić information content (AvgIpc) is 3.24. The fourth-order valence-corrected chi connectivity index (χ4v) is 4.40. The summed E-state index contributed by atoms with van der Waals surface area (Å²) in [4.78, 5) is 25.0. The topological polar surface area (TPSA) is 99.6 Å². The Balaban J connectivity index is 1.98. The van der Waals surface area contributed by atoms with Gasteiger partial charge in [-0.3, -0.25) is 4.48 Å². The summed E-state index contributed by atoms with van der Waals surface area (Å²) in [6.45, 7) is 13.3. The average molecular weight is 512 g/mol. The lowest BCUT2D eigenvalue weighted by Gasteiger charge is -2.41. The number of aromatic nitrogens is 2. The van der Waals surface area contributed by atoms with Crippen LogP contribution in [-0.4, -0.2) is 69.9 Å². The van der Waals surface area contributed by atoms with E-state index in [4.69, 9.17) is 14.2 Å². The molecule has 1 aliphatic heterocycles. The summed E-state index contributed by atoms with van der Waals surface area (Å²) in [6.07, 6.45) is 6.90. The number of rotatable bonds is 12. The number of esters is 1. The van der Waals surface area contributed by atoms with Gasteiger partial charge in [0.05, 0.1) is 31.9 Å². The third-order valence-corrected chi connectivity index (χ3v) is 6.62. The fourth-order valence-electron chi connectivity index (χ4n) is 3.87. The van der Waals surface area contributed by atoms with Gasteiger partial charge in [-0.15, -0.1) is 4.37 Å². The number of ether oxygens (including phenoxy) is 3. The molecule has 1 aromatic rings. The van der Waals surface area contributed by atoms with Crippen LogP contribution in [0.3, 0.4) is 0 Å². The number of carbonyl (C=O) groups is 2. The Morgan fingerprint density at radius 1 is 1.20 bits per heavy atom. The Kier molecular flexibility index (Phi) is 11.0. The van der Waals surface area contributed by atoms with Crippen LogP contribution in [0.1, 0.15) is 85.8 Å². The second-order valence-electron chi connectivity index (χ2n) is 10.3. The van der Waals surface area contributed by atoms with E-state index in [9.17, 15) is 9.59 Å². The zero-order chi connectivity index (χ0) is 26.1. The summed E-state index contributed by atoms with van der Waals surface area (Å²) in [7, 11) is 2.07. The second-order valence-corrected chi connectivity index (χ2v) is 10.9. The molecule has 1 N–H and O–H groups in total. The van der Waals surface area contributed by atoms with Crippen LogP contribution in [0.2, 0.25) is 0 Å². The van der Waals surface area contributed by atoms with Crippen molar-refractivity contribution in [2.75, 3.05) is 26.7 Å². The molecule has 0 saturated carbocycles. The molecule has 0 bridgehead atoms. The molecule has 2 heterocycles. The van der Waals surface area contributed by atoms with Gasteiger partial charge in [0.2, 0.25) is 6.23 Å². The first-order valence-electron chi connectivity index (χ1n) is 12.7. The minimum Gasteiger partial charge on any atom is -0.475 e. The van der Waals surface area contributed by atoms with E-state index in [-0.39, 0.29) is 0 Å². The van der Waals surface area contributed by atoms with Crippen LogP contribution >= 0.6 is 11.7 Å². The normalized spacial score (nSPS) is 19.9. The van der Waals surface area contributed by atoms with E-state index in [0.717, 1.165) is 48.8 Å². The van der Waals surface area contributed by atoms with E-state index in [2.05, 4.69) is 34.1 Å². The summed E-state index contributed by atoms with van der Waals surface area (Å²) in [5.74, 6) is 0.121. The Morgan fingerprint density at radius 2 is 1.94 bits per heavy atom. The minimum atomic E-state index is -0.769. The SMILES string of the molecule is CCCCCCOc1nsnc1C1=CCC[N+](C)(C(C)OC(=O)[C@H](CC)NC(=O)OC(C)(C)C)C1. The summed E-state index contributed by atoms with van der Waals surface area (Å²) >= 11 is 1.15. The molecule has 1 aliphatic rings. The van der Waals surface area contributed by atoms with E-state index in [0.29, 0.717) is 29.9 Å². The third kappa shape index (κ3) is 9.07. The molecule has 3 atom stereocenters. The molecule has 2 rings (SSSR count). The van der Waals surface area contributed by atoms with Crippen molar-refractivity contribution >= 4 is 29.4 Å². The molecule has 35 heavy (non-hydrogen) atoms. The number of hydrogen-bond donors (Lipinski definition) is 1. The van der Waals surface area contributed by atoms with E-state index in [1.165, 1.54) is 12.8 Å². The molecular weight excluding hydrogens is 468 g/mol. The zero-order valence-electron chi connectivity index (χ0n) is 22.4. The van der Waals surface area contributed by atoms with Crippen molar-refractivity contribution in [3.05, 3.63) is 11.8 Å². The van der Waals surface area contributed by atoms with Crippen LogP contribution in [0.5, 0.6) is 5.88 Å². The van der Waals surface area contributed by atoms with E-state index in [1.807, 2.05) is 13.8 Å². The van der Waals surface area contributed by atoms with Gasteiger partial charge in [0.1, 0.15) is 23.9 Å². The van der Waals surface area contributed by atoms with Gasteiger partial charge in [0.25, 0.3) is 5.88 Å². The van der Waals surface area contributed by atoms with Gasteiger partial charge in [-0.25, -0.2) is 9.59 Å². The first kappa shape index (κ1) is 29.0. The summed E-state index contributed by atoms with van der Waals surface area (Å²) in [5, 5.41) is 2.63. The number of unbranched alkanes of at least 4 members (excludes halogenated alkanes) is 3. The van der Waals surface area contributed by atoms with Crippen molar-refractivity contribution < 1.29 is 28.3 Å². The summed E-state index contributed by atoms with van der Waals surface area (Å²) < 4.78 is 26.4. The first-order valence-corrected chi connectivity index (χ1v) is 13.4. The number of carbonyl (C=O) groups excluding carboxylic acids is 2. The van der Waals surface area contributed by atoms with Gasteiger partial charge < -0.3 is 19.5 Å². The van der Waals surface area contributed by atoms with Crippen molar-refractivity contribution in [3.63, 3.8) is 0 Å². The smallest absolute Gasteiger partial charge is 0.408 e. The van der Waals surface area contributed by atoms with Gasteiger partial charge >= 0.3 is 12.1 Å². The molecule has 10 heteroatoms. The van der Waals surface area contributed by atoms with Crippen molar-refractivity contribution in [2.45, 2.75) is 97.9 Å². The highest BCUT2D eigenvalue weighted by molar-refractivity contribution is 6.99. The quantitative estimate of drug-likeness (QED) is 0.241. The molecule has 0 saturated heterocycles. The molecule has 1 aromatic heterocycles. The highest BCUT2D eigenvalue weighted by Gasteiger charge is 2.38. The highest BCUT2D eigenvalue weighted by Crippen LogP contribution is 2.31. The third-order valence-electron chi connectivity index (χ3n) is 6.11. The number of hydrogen-bond acceptors (Lipinski definition) is 8. The van der Waals surface area contributed by atoms with E-state index in [1.54, 1.807) is 20.8 Å². The lowest BCUT2D eigenvalue weighted by Crippen LogP contribution is -2.56. The van der Waals surface area contributed by atoms with Gasteiger partial charge in [0, 0.05) is 18.9 Å². The van der Waals surface area contributed by atoms with Crippen molar-refractivity contribution in [1.29, 1.82) is 0 Å². The molecule has 0 radical (unpaired) electrons. The Bertz CT molecular complexity index is 866. The van der Waals surface area contributed by atoms with Crippen LogP contribution in [0.15, 0.2) is 6.08 Å². The number of amides is 1. The minimum absolute atomic E-state index is 0.406. The van der Waals surface area contributed by atoms with Crippen molar-refractivity contribution in [3.8, 4) is 5.88 Å². The van der Waals surface area contributed by atoms with Crippen LogP contribution < -0.4 is 10.1 Å². The van der Waals surface area contributed by atoms with Gasteiger partial charge in [0.15, 0.2) is 0 Å². The first-order chi connectivity index (χ1) is 16.5. The maximum absolute atomic E-state index is 12.9. The molecule has 198 valence electrons. The maximum Gasteiger partial charge on any atom is 0.408 e. The molecule has 0 fully saturated rings. The molecule has 0 aromatic carbocycles. The van der Waals surface area contributed by atoms with E-state index < -0.39 is 29.9 Å². The molecule has 9 nitrogen and oxygen atoms in total. The fraction of sp³-hybridized carbons (Fsp3) is 0.760. The standard InChI is InChI=1S/C25H42N4O5S/c1-8-10-11-12-16-32-22-21(27-35-28-22)19-14-13-15-29(7,17-19)18(3)33-23(30)20(9-2)26-24(31)34-25(4,5)6/h14,18,20H,8-13,15-17H2,1-7H3/p+1/t18?,20-,29?/m0/s1. The maximum atomic E-state index is 12.9. The monoisotopic (exact) mass is 511 g/mol. The van der Waals surface area contributed by atoms with Crippen LogP contribution in [-0.2, 0) is 14.3 Å². The second kappa shape index (κ2) is 13.2. The lowest BCUT2D eigenvalue weighted by molar-refractivity contribution is -0.944. The Labute approximate surface area is 214 Å². The predicted molar refractivity (Wildman–Crippen MR) is 137 cm³/mol. The molecule has 1 amide bonds. The van der Waals surface area contributed by atoms with Crippen molar-refractivity contribution in [1.82, 2.24) is 14.1 Å². The zero-order valence-corrected chi connectivity index (χ0v) is 23.2. The summed E-state index contributed by atoms with van der Waals surface area (Å²) in [6, 6.07) is -0.769. The lowest BCUT2D eigenvalue weighted by atomic mass is 10.0.